The maximum Gasteiger partial charge on any atom is 0.513 e. The zero-order valence-corrected chi connectivity index (χ0v) is 10.9. The topological polar surface area (TPSA) is 18.5 Å². The lowest BCUT2D eigenvalue weighted by molar-refractivity contribution is 0.306. The maximum absolute atomic E-state index is 12.9. The van der Waals surface area contributed by atoms with Crippen LogP contribution in [0.2, 0.25) is 0 Å². The van der Waals surface area contributed by atoms with E-state index in [-0.39, 0.29) is 12.4 Å². The lowest BCUT2D eigenvalue weighted by Gasteiger charge is -2.19. The number of benzene rings is 2. The summed E-state index contributed by atoms with van der Waals surface area (Å²) >= 11 is 0. The zero-order chi connectivity index (χ0) is 14.6. The van der Waals surface area contributed by atoms with Gasteiger partial charge in [-0.2, -0.15) is 0 Å². The predicted molar refractivity (Wildman–Crippen MR) is 72.5 cm³/mol. The molecular weight excluding hydrogens is 268 g/mol. The minimum Gasteiger partial charge on any atom is -0.497 e. The molecule has 0 saturated heterocycles. The van der Waals surface area contributed by atoms with Gasteiger partial charge in [0.1, 0.15) is 12.4 Å². The van der Waals surface area contributed by atoms with Gasteiger partial charge < -0.3 is 22.4 Å². The maximum atomic E-state index is 12.9. The van der Waals surface area contributed by atoms with E-state index in [1.807, 2.05) is 0 Å². The summed E-state index contributed by atoms with van der Waals surface area (Å²) in [4.78, 5) is 0. The summed E-state index contributed by atoms with van der Waals surface area (Å²) in [6.07, 6.45) is 0. The molecule has 0 heterocycles. The van der Waals surface area contributed by atoms with Crippen LogP contribution in [0.3, 0.4) is 0 Å². The van der Waals surface area contributed by atoms with E-state index in [2.05, 4.69) is 0 Å². The van der Waals surface area contributed by atoms with E-state index in [1.165, 1.54) is 25.3 Å². The fourth-order valence-corrected chi connectivity index (χ4v) is 1.81. The smallest absolute Gasteiger partial charge is 0.497 e. The SMILES string of the molecule is COc1cccc(COc2ccccc2[B-](F)(F)F)c1. The van der Waals surface area contributed by atoms with Crippen LogP contribution in [0.25, 0.3) is 0 Å². The van der Waals surface area contributed by atoms with Gasteiger partial charge in [-0.25, -0.2) is 0 Å². The molecule has 6 heteroatoms. The molecule has 0 unspecified atom stereocenters. The molecule has 2 nitrogen and oxygen atoms in total. The number of para-hydroxylation sites is 1. The Morgan fingerprint density at radius 3 is 2.45 bits per heavy atom. The highest BCUT2D eigenvalue weighted by atomic mass is 19.4. The van der Waals surface area contributed by atoms with Crippen molar-refractivity contribution in [2.24, 2.45) is 0 Å². The van der Waals surface area contributed by atoms with Gasteiger partial charge in [0.15, 0.2) is 0 Å². The Morgan fingerprint density at radius 1 is 1.00 bits per heavy atom. The Hall–Kier alpha value is -2.11. The number of methoxy groups -OCH3 is 1. The van der Waals surface area contributed by atoms with Gasteiger partial charge in [0.05, 0.1) is 12.9 Å². The van der Waals surface area contributed by atoms with Crippen molar-refractivity contribution in [2.75, 3.05) is 7.11 Å². The van der Waals surface area contributed by atoms with Gasteiger partial charge in [0.25, 0.3) is 0 Å². The molecule has 2 aromatic rings. The summed E-state index contributed by atoms with van der Waals surface area (Å²) in [7, 11) is 1.53. The Balaban J connectivity index is 2.15. The van der Waals surface area contributed by atoms with Crippen molar-refractivity contribution in [1.29, 1.82) is 0 Å². The summed E-state index contributed by atoms with van der Waals surface area (Å²) in [5, 5.41) is 0. The molecule has 0 fully saturated rings. The number of ether oxygens (including phenoxy) is 2. The van der Waals surface area contributed by atoms with E-state index in [0.29, 0.717) is 5.75 Å². The monoisotopic (exact) mass is 281 g/mol. The fourth-order valence-electron chi connectivity index (χ4n) is 1.81. The highest BCUT2D eigenvalue weighted by molar-refractivity contribution is 6.74. The third kappa shape index (κ3) is 3.47. The second-order valence-electron chi connectivity index (χ2n) is 4.25. The number of hydrogen-bond donors (Lipinski definition) is 0. The first-order valence-electron chi connectivity index (χ1n) is 6.05. The van der Waals surface area contributed by atoms with Crippen LogP contribution in [0.15, 0.2) is 48.5 Å². The second kappa shape index (κ2) is 5.90. The van der Waals surface area contributed by atoms with Crippen molar-refractivity contribution in [2.45, 2.75) is 6.61 Å². The summed E-state index contributed by atoms with van der Waals surface area (Å²) in [5.41, 5.74) is 0.0317. The van der Waals surface area contributed by atoms with E-state index < -0.39 is 12.4 Å². The quantitative estimate of drug-likeness (QED) is 0.783. The van der Waals surface area contributed by atoms with E-state index in [9.17, 15) is 12.9 Å². The molecule has 0 N–H and O–H groups in total. The van der Waals surface area contributed by atoms with Gasteiger partial charge in [0.2, 0.25) is 0 Å². The van der Waals surface area contributed by atoms with Gasteiger partial charge in [-0.3, -0.25) is 0 Å². The van der Waals surface area contributed by atoms with Gasteiger partial charge in [-0.05, 0) is 23.8 Å². The molecule has 0 saturated carbocycles. The van der Waals surface area contributed by atoms with Crippen LogP contribution in [0.4, 0.5) is 12.9 Å². The van der Waals surface area contributed by atoms with Crippen LogP contribution in [0.5, 0.6) is 11.5 Å². The van der Waals surface area contributed by atoms with Crippen LogP contribution < -0.4 is 14.9 Å². The number of rotatable bonds is 5. The van der Waals surface area contributed by atoms with Crippen molar-refractivity contribution in [3.8, 4) is 11.5 Å². The molecule has 2 rings (SSSR count). The molecule has 0 radical (unpaired) electrons. The minimum atomic E-state index is -5.08. The van der Waals surface area contributed by atoms with Gasteiger partial charge >= 0.3 is 6.98 Å². The average molecular weight is 281 g/mol. The lowest BCUT2D eigenvalue weighted by Crippen LogP contribution is -2.35. The van der Waals surface area contributed by atoms with Gasteiger partial charge in [-0.1, -0.05) is 35.8 Å². The first-order valence-corrected chi connectivity index (χ1v) is 6.05. The Labute approximate surface area is 115 Å². The van der Waals surface area contributed by atoms with Crippen LogP contribution >= 0.6 is 0 Å². The molecule has 0 bridgehead atoms. The van der Waals surface area contributed by atoms with Crippen molar-refractivity contribution < 1.29 is 22.4 Å². The number of hydrogen-bond acceptors (Lipinski definition) is 2. The third-order valence-corrected chi connectivity index (χ3v) is 2.80. The highest BCUT2D eigenvalue weighted by Gasteiger charge is 2.28. The van der Waals surface area contributed by atoms with E-state index in [1.54, 1.807) is 24.3 Å². The zero-order valence-electron chi connectivity index (χ0n) is 10.9. The average Bonchev–Trinajstić information content (AvgIpc) is 2.44. The molecule has 0 atom stereocenters. The molecule has 0 aliphatic rings. The normalized spacial score (nSPS) is 11.2. The van der Waals surface area contributed by atoms with Crippen molar-refractivity contribution in [3.05, 3.63) is 54.1 Å². The van der Waals surface area contributed by atoms with Crippen LogP contribution in [0, 0.1) is 0 Å². The molecule has 20 heavy (non-hydrogen) atoms. The van der Waals surface area contributed by atoms with Gasteiger partial charge in [0, 0.05) is 0 Å². The molecule has 0 amide bonds. The van der Waals surface area contributed by atoms with E-state index in [0.717, 1.165) is 11.6 Å². The van der Waals surface area contributed by atoms with E-state index in [4.69, 9.17) is 9.47 Å². The van der Waals surface area contributed by atoms with E-state index >= 15 is 0 Å². The third-order valence-electron chi connectivity index (χ3n) is 2.80. The van der Waals surface area contributed by atoms with Crippen LogP contribution in [-0.2, 0) is 6.61 Å². The largest absolute Gasteiger partial charge is 0.513 e. The minimum absolute atomic E-state index is 0.0559. The molecule has 0 aliphatic carbocycles. The Morgan fingerprint density at radius 2 is 1.75 bits per heavy atom. The molecule has 2 aromatic carbocycles. The van der Waals surface area contributed by atoms with Gasteiger partial charge in [-0.15, -0.1) is 0 Å². The Kier molecular flexibility index (Phi) is 4.22. The summed E-state index contributed by atoms with van der Waals surface area (Å²) in [6.45, 7) is -5.03. The van der Waals surface area contributed by atoms with Crippen molar-refractivity contribution in [1.82, 2.24) is 0 Å². The molecular formula is C14H13BF3O2-. The standard InChI is InChI=1S/C14H13BF3O2/c1-19-12-6-4-5-11(9-12)10-20-14-8-3-2-7-13(14)15(16,17)18/h2-9H,10H2,1H3/q-1. The van der Waals surface area contributed by atoms with Crippen molar-refractivity contribution in [3.63, 3.8) is 0 Å². The molecule has 0 aromatic heterocycles. The Bertz CT molecular complexity index is 585. The first kappa shape index (κ1) is 14.3. The fraction of sp³-hybridized carbons (Fsp3) is 0.143. The molecule has 0 spiro atoms. The summed E-state index contributed by atoms with van der Waals surface area (Å²) < 4.78 is 48.9. The van der Waals surface area contributed by atoms with Crippen LogP contribution in [-0.4, -0.2) is 14.1 Å². The predicted octanol–water partition coefficient (Wildman–Crippen LogP) is 3.33. The van der Waals surface area contributed by atoms with Crippen molar-refractivity contribution >= 4 is 12.4 Å². The summed E-state index contributed by atoms with van der Waals surface area (Å²) in [6, 6.07) is 12.2. The number of halogens is 3. The lowest BCUT2D eigenvalue weighted by atomic mass is 9.79. The van der Waals surface area contributed by atoms with Crippen LogP contribution in [0.1, 0.15) is 5.56 Å². The summed E-state index contributed by atoms with van der Waals surface area (Å²) in [5.74, 6) is 0.488. The molecule has 0 aliphatic heterocycles. The molecule has 106 valence electrons. The highest BCUT2D eigenvalue weighted by Crippen LogP contribution is 2.19. The second-order valence-corrected chi connectivity index (χ2v) is 4.25. The first-order chi connectivity index (χ1) is 9.50.